The molecule has 0 aromatic carbocycles. The second-order valence-corrected chi connectivity index (χ2v) is 2.36. The Morgan fingerprint density at radius 2 is 2.25 bits per heavy atom. The molecule has 0 aliphatic carbocycles. The second-order valence-electron chi connectivity index (χ2n) is 1.79. The summed E-state index contributed by atoms with van der Waals surface area (Å²) in [5.41, 5.74) is 5.25. The average molecular weight is 132 g/mol. The van der Waals surface area contributed by atoms with Crippen LogP contribution in [0.2, 0.25) is 0 Å². The van der Waals surface area contributed by atoms with Gasteiger partial charge >= 0.3 is 0 Å². The van der Waals surface area contributed by atoms with E-state index in [-0.39, 0.29) is 0 Å². The average Bonchev–Trinajstić information content (AvgIpc) is 1.65. The largest absolute Gasteiger partial charge is 0.383 e. The Kier molecular flexibility index (Phi) is 3.73. The molecule has 3 heteroatoms. The molecule has 0 spiro atoms. The van der Waals surface area contributed by atoms with Crippen molar-refractivity contribution < 1.29 is 0 Å². The van der Waals surface area contributed by atoms with E-state index in [9.17, 15) is 0 Å². The minimum absolute atomic E-state index is 0.515. The minimum Gasteiger partial charge on any atom is -0.383 e. The van der Waals surface area contributed by atoms with Crippen LogP contribution >= 0.6 is 12.6 Å². The van der Waals surface area contributed by atoms with Crippen molar-refractivity contribution in [2.75, 3.05) is 20.6 Å². The highest BCUT2D eigenvalue weighted by Crippen LogP contribution is 1.95. The van der Waals surface area contributed by atoms with Gasteiger partial charge < -0.3 is 10.6 Å². The van der Waals surface area contributed by atoms with Crippen molar-refractivity contribution in [3.05, 3.63) is 11.1 Å². The van der Waals surface area contributed by atoms with Gasteiger partial charge in [0.1, 0.15) is 0 Å². The summed E-state index contributed by atoms with van der Waals surface area (Å²) in [6.07, 6.45) is 1.88. The number of nitrogens with two attached hydrogens (primary N) is 1. The molecule has 0 bridgehead atoms. The van der Waals surface area contributed by atoms with Crippen LogP contribution in [-0.4, -0.2) is 25.5 Å². The van der Waals surface area contributed by atoms with E-state index in [1.165, 1.54) is 0 Å². The van der Waals surface area contributed by atoms with E-state index < -0.39 is 0 Å². The van der Waals surface area contributed by atoms with Gasteiger partial charge in [-0.25, -0.2) is 0 Å². The Labute approximate surface area is 55.8 Å². The lowest BCUT2D eigenvalue weighted by atomic mass is 10.6. The smallest absolute Gasteiger partial charge is 0.0250 e. The molecule has 0 fully saturated rings. The summed E-state index contributed by atoms with van der Waals surface area (Å²) < 4.78 is 0. The van der Waals surface area contributed by atoms with Gasteiger partial charge in [-0.3, -0.25) is 0 Å². The highest BCUT2D eigenvalue weighted by molar-refractivity contribution is 7.84. The Bertz CT molecular complexity index is 88.4. The highest BCUT2D eigenvalue weighted by atomic mass is 32.1. The summed E-state index contributed by atoms with van der Waals surface area (Å²) in [7, 11) is 3.87. The van der Waals surface area contributed by atoms with Gasteiger partial charge in [-0.2, -0.15) is 0 Å². The van der Waals surface area contributed by atoms with E-state index in [4.69, 9.17) is 5.73 Å². The molecule has 2 nitrogen and oxygen atoms in total. The molecule has 0 aromatic rings. The predicted octanol–water partition coefficient (Wildman–Crippen LogP) is 0.278. The number of thiol groups is 1. The van der Waals surface area contributed by atoms with Crippen LogP contribution < -0.4 is 5.73 Å². The third kappa shape index (κ3) is 4.02. The number of rotatable bonds is 2. The van der Waals surface area contributed by atoms with E-state index in [1.54, 1.807) is 0 Å². The zero-order chi connectivity index (χ0) is 6.57. The zero-order valence-electron chi connectivity index (χ0n) is 5.26. The highest BCUT2D eigenvalue weighted by Gasteiger charge is 1.83. The van der Waals surface area contributed by atoms with Gasteiger partial charge in [-0.1, -0.05) is 0 Å². The van der Waals surface area contributed by atoms with Crippen molar-refractivity contribution in [1.29, 1.82) is 0 Å². The lowest BCUT2D eigenvalue weighted by Crippen LogP contribution is -2.06. The summed E-state index contributed by atoms with van der Waals surface area (Å²) in [4.78, 5) is 2.81. The van der Waals surface area contributed by atoms with Crippen LogP contribution in [0.5, 0.6) is 0 Å². The molecular formula is C5H12N2S. The van der Waals surface area contributed by atoms with E-state index in [2.05, 4.69) is 12.6 Å². The maximum Gasteiger partial charge on any atom is 0.0250 e. The summed E-state index contributed by atoms with van der Waals surface area (Å²) in [5.74, 6) is 0. The molecule has 0 saturated heterocycles. The van der Waals surface area contributed by atoms with Crippen molar-refractivity contribution in [3.63, 3.8) is 0 Å². The molecule has 0 rings (SSSR count). The number of hydrogen-bond donors (Lipinski definition) is 2. The van der Waals surface area contributed by atoms with Crippen molar-refractivity contribution in [3.8, 4) is 0 Å². The standard InChI is InChI=1S/C5H12N2S/c1-7(2)4-5(8)3-6/h4,8H,3,6H2,1-2H3/b5-4-. The van der Waals surface area contributed by atoms with Gasteiger partial charge in [0, 0.05) is 31.7 Å². The predicted molar refractivity (Wildman–Crippen MR) is 39.8 cm³/mol. The third-order valence-electron chi connectivity index (χ3n) is 0.616. The quantitative estimate of drug-likeness (QED) is 0.528. The Hall–Kier alpha value is -0.150. The maximum atomic E-state index is 5.25. The molecular weight excluding hydrogens is 120 g/mol. The first kappa shape index (κ1) is 7.85. The molecule has 0 heterocycles. The molecule has 0 radical (unpaired) electrons. The second kappa shape index (κ2) is 3.80. The molecule has 8 heavy (non-hydrogen) atoms. The lowest BCUT2D eigenvalue weighted by Gasteiger charge is -2.04. The van der Waals surface area contributed by atoms with Crippen LogP contribution in [0, 0.1) is 0 Å². The Morgan fingerprint density at radius 1 is 1.75 bits per heavy atom. The van der Waals surface area contributed by atoms with Crippen molar-refractivity contribution >= 4 is 12.6 Å². The van der Waals surface area contributed by atoms with Crippen LogP contribution in [0.4, 0.5) is 0 Å². The van der Waals surface area contributed by atoms with Gasteiger partial charge in [-0.15, -0.1) is 12.6 Å². The molecule has 0 aromatic heterocycles. The van der Waals surface area contributed by atoms with Crippen molar-refractivity contribution in [1.82, 2.24) is 4.90 Å². The SMILES string of the molecule is CN(C)/C=C(\S)CN. The van der Waals surface area contributed by atoms with Gasteiger partial charge in [0.05, 0.1) is 0 Å². The van der Waals surface area contributed by atoms with Crippen LogP contribution in [0.15, 0.2) is 11.1 Å². The monoisotopic (exact) mass is 132 g/mol. The maximum absolute atomic E-state index is 5.25. The van der Waals surface area contributed by atoms with Gasteiger partial charge in [0.15, 0.2) is 0 Å². The molecule has 0 aliphatic heterocycles. The van der Waals surface area contributed by atoms with Crippen LogP contribution in [0.1, 0.15) is 0 Å². The third-order valence-corrected chi connectivity index (χ3v) is 0.914. The van der Waals surface area contributed by atoms with Crippen molar-refractivity contribution in [2.45, 2.75) is 0 Å². The minimum atomic E-state index is 0.515. The summed E-state index contributed by atoms with van der Waals surface area (Å²) in [5, 5.41) is 0. The first-order chi connectivity index (χ1) is 3.66. The van der Waals surface area contributed by atoms with Gasteiger partial charge in [0.25, 0.3) is 0 Å². The van der Waals surface area contributed by atoms with Crippen LogP contribution in [0.25, 0.3) is 0 Å². The summed E-state index contributed by atoms with van der Waals surface area (Å²) in [6, 6.07) is 0. The van der Waals surface area contributed by atoms with E-state index in [0.717, 1.165) is 4.91 Å². The molecule has 48 valence electrons. The summed E-state index contributed by atoms with van der Waals surface area (Å²) in [6.45, 7) is 0.515. The Balaban J connectivity index is 3.56. The molecule has 0 saturated carbocycles. The van der Waals surface area contributed by atoms with Crippen LogP contribution in [0.3, 0.4) is 0 Å². The lowest BCUT2D eigenvalue weighted by molar-refractivity contribution is 0.561. The van der Waals surface area contributed by atoms with Crippen molar-refractivity contribution in [2.24, 2.45) is 5.73 Å². The van der Waals surface area contributed by atoms with E-state index >= 15 is 0 Å². The topological polar surface area (TPSA) is 29.3 Å². The fraction of sp³-hybridized carbons (Fsp3) is 0.600. The first-order valence-corrected chi connectivity index (χ1v) is 2.87. The van der Waals surface area contributed by atoms with E-state index in [0.29, 0.717) is 6.54 Å². The first-order valence-electron chi connectivity index (χ1n) is 2.43. The molecule has 0 unspecified atom stereocenters. The van der Waals surface area contributed by atoms with E-state index in [1.807, 2.05) is 25.2 Å². The Morgan fingerprint density at radius 3 is 2.38 bits per heavy atom. The fourth-order valence-electron chi connectivity index (χ4n) is 0.351. The zero-order valence-corrected chi connectivity index (χ0v) is 6.15. The molecule has 0 atom stereocenters. The normalized spacial score (nSPS) is 11.8. The van der Waals surface area contributed by atoms with Gasteiger partial charge in [0.2, 0.25) is 0 Å². The number of nitrogens with zero attached hydrogens (tertiary/aromatic N) is 1. The molecule has 0 aliphatic rings. The van der Waals surface area contributed by atoms with Gasteiger partial charge in [-0.05, 0) is 0 Å². The number of hydrogen-bond acceptors (Lipinski definition) is 3. The summed E-state index contributed by atoms with van der Waals surface area (Å²) >= 11 is 4.06. The van der Waals surface area contributed by atoms with Crippen LogP contribution in [-0.2, 0) is 0 Å². The fourth-order valence-corrected chi connectivity index (χ4v) is 0.582. The molecule has 0 amide bonds. The molecule has 2 N–H and O–H groups in total.